The smallest absolute Gasteiger partial charge is 0.310 e. The molecule has 0 fully saturated rings. The predicted octanol–water partition coefficient (Wildman–Crippen LogP) is 3.27. The van der Waals surface area contributed by atoms with Crippen molar-refractivity contribution in [1.82, 2.24) is 0 Å². The Morgan fingerprint density at radius 1 is 1.27 bits per heavy atom. The van der Waals surface area contributed by atoms with Gasteiger partial charge < -0.3 is 5.11 Å². The van der Waals surface area contributed by atoms with E-state index in [0.717, 1.165) is 23.1 Å². The highest BCUT2D eigenvalue weighted by Gasteiger charge is 2.18. The van der Waals surface area contributed by atoms with Crippen LogP contribution in [-0.4, -0.2) is 11.1 Å². The summed E-state index contributed by atoms with van der Waals surface area (Å²) in [6.45, 7) is 6.02. The Kier molecular flexibility index (Phi) is 3.89. The van der Waals surface area contributed by atoms with Crippen molar-refractivity contribution in [3.8, 4) is 0 Å². The molecule has 0 aliphatic carbocycles. The highest BCUT2D eigenvalue weighted by Crippen LogP contribution is 2.23. The highest BCUT2D eigenvalue weighted by atomic mass is 16.4. The van der Waals surface area contributed by atoms with E-state index >= 15 is 0 Å². The molecule has 0 aliphatic rings. The van der Waals surface area contributed by atoms with Crippen molar-refractivity contribution in [2.45, 2.75) is 39.5 Å². The first-order valence-corrected chi connectivity index (χ1v) is 5.35. The molecule has 1 rings (SSSR count). The number of hydrogen-bond donors (Lipinski definition) is 1. The molecule has 82 valence electrons. The number of aliphatic carboxylic acids is 1. The van der Waals surface area contributed by atoms with E-state index in [4.69, 9.17) is 5.11 Å². The zero-order valence-corrected chi connectivity index (χ0v) is 9.58. The first-order chi connectivity index (χ1) is 7.04. The quantitative estimate of drug-likeness (QED) is 0.820. The van der Waals surface area contributed by atoms with E-state index in [9.17, 15) is 4.79 Å². The van der Waals surface area contributed by atoms with Gasteiger partial charge in [-0.05, 0) is 25.8 Å². The van der Waals surface area contributed by atoms with Gasteiger partial charge in [0.05, 0.1) is 5.92 Å². The Bertz CT molecular complexity index is 335. The second-order valence-electron chi connectivity index (χ2n) is 4.10. The molecule has 2 heteroatoms. The lowest BCUT2D eigenvalue weighted by Gasteiger charge is -2.13. The Morgan fingerprint density at radius 3 is 2.20 bits per heavy atom. The fraction of sp³-hybridized carbons (Fsp3) is 0.462. The number of carboxylic acids is 1. The zero-order chi connectivity index (χ0) is 11.4. The van der Waals surface area contributed by atoms with Crippen LogP contribution in [0.15, 0.2) is 18.2 Å². The first kappa shape index (κ1) is 11.8. The zero-order valence-electron chi connectivity index (χ0n) is 9.58. The largest absolute Gasteiger partial charge is 0.481 e. The van der Waals surface area contributed by atoms with Gasteiger partial charge in [0.15, 0.2) is 0 Å². The normalized spacial score (nSPS) is 12.5. The number of carbonyl (C=O) groups is 1. The van der Waals surface area contributed by atoms with Crippen LogP contribution in [0, 0.1) is 13.8 Å². The van der Waals surface area contributed by atoms with E-state index in [-0.39, 0.29) is 5.92 Å². The molecular weight excluding hydrogens is 188 g/mol. The number of hydrogen-bond acceptors (Lipinski definition) is 1. The van der Waals surface area contributed by atoms with Crippen LogP contribution in [0.2, 0.25) is 0 Å². The van der Waals surface area contributed by atoms with Crippen molar-refractivity contribution in [3.05, 3.63) is 34.9 Å². The Labute approximate surface area is 90.9 Å². The molecule has 0 radical (unpaired) electrons. The van der Waals surface area contributed by atoms with Crippen LogP contribution in [0.25, 0.3) is 0 Å². The fourth-order valence-corrected chi connectivity index (χ4v) is 1.93. The molecule has 0 aromatic heterocycles. The molecule has 0 heterocycles. The van der Waals surface area contributed by atoms with Gasteiger partial charge in [0.1, 0.15) is 0 Å². The van der Waals surface area contributed by atoms with Crippen molar-refractivity contribution in [3.63, 3.8) is 0 Å². The Morgan fingerprint density at radius 2 is 1.80 bits per heavy atom. The molecule has 1 aromatic rings. The topological polar surface area (TPSA) is 37.3 Å². The van der Waals surface area contributed by atoms with Gasteiger partial charge in [0.25, 0.3) is 0 Å². The summed E-state index contributed by atoms with van der Waals surface area (Å²) < 4.78 is 0. The van der Waals surface area contributed by atoms with E-state index in [1.807, 2.05) is 32.9 Å². The summed E-state index contributed by atoms with van der Waals surface area (Å²) in [5.74, 6) is -1.07. The second kappa shape index (κ2) is 4.96. The minimum Gasteiger partial charge on any atom is -0.481 e. The van der Waals surface area contributed by atoms with Crippen molar-refractivity contribution in [1.29, 1.82) is 0 Å². The van der Waals surface area contributed by atoms with Gasteiger partial charge in [-0.2, -0.15) is 0 Å². The fourth-order valence-electron chi connectivity index (χ4n) is 1.93. The van der Waals surface area contributed by atoms with Crippen LogP contribution in [0.5, 0.6) is 0 Å². The van der Waals surface area contributed by atoms with Gasteiger partial charge in [-0.1, -0.05) is 42.7 Å². The van der Waals surface area contributed by atoms with Crippen LogP contribution < -0.4 is 0 Å². The predicted molar refractivity (Wildman–Crippen MR) is 61.2 cm³/mol. The molecule has 0 aliphatic heterocycles. The molecular formula is C13H18O2. The minimum atomic E-state index is -0.721. The van der Waals surface area contributed by atoms with E-state index in [1.54, 1.807) is 0 Å². The SMILES string of the molecule is CCCC(C(=O)O)c1cc(C)cc(C)c1. The van der Waals surface area contributed by atoms with Crippen LogP contribution in [0.1, 0.15) is 42.4 Å². The van der Waals surface area contributed by atoms with E-state index in [0.29, 0.717) is 6.42 Å². The monoisotopic (exact) mass is 206 g/mol. The molecule has 1 unspecified atom stereocenters. The lowest BCUT2D eigenvalue weighted by atomic mass is 9.92. The Balaban J connectivity index is 3.05. The van der Waals surface area contributed by atoms with Crippen molar-refractivity contribution in [2.24, 2.45) is 0 Å². The lowest BCUT2D eigenvalue weighted by molar-refractivity contribution is -0.139. The summed E-state index contributed by atoms with van der Waals surface area (Å²) in [6, 6.07) is 6.01. The van der Waals surface area contributed by atoms with E-state index < -0.39 is 5.97 Å². The van der Waals surface area contributed by atoms with Crippen molar-refractivity contribution >= 4 is 5.97 Å². The standard InChI is InChI=1S/C13H18O2/c1-4-5-12(13(14)15)11-7-9(2)6-10(3)8-11/h6-8,12H,4-5H2,1-3H3,(H,14,15). The van der Waals surface area contributed by atoms with Crippen LogP contribution in [0.3, 0.4) is 0 Å². The summed E-state index contributed by atoms with van der Waals surface area (Å²) in [6.07, 6.45) is 1.60. The third kappa shape index (κ3) is 3.08. The maximum atomic E-state index is 11.1. The van der Waals surface area contributed by atoms with Gasteiger partial charge in [-0.3, -0.25) is 4.79 Å². The molecule has 2 nitrogen and oxygen atoms in total. The Hall–Kier alpha value is -1.31. The number of carboxylic acid groups (broad SMARTS) is 1. The summed E-state index contributed by atoms with van der Waals surface area (Å²) in [4.78, 5) is 11.1. The van der Waals surface area contributed by atoms with E-state index in [1.165, 1.54) is 0 Å². The van der Waals surface area contributed by atoms with Crippen molar-refractivity contribution < 1.29 is 9.90 Å². The van der Waals surface area contributed by atoms with Gasteiger partial charge in [0, 0.05) is 0 Å². The van der Waals surface area contributed by atoms with Crippen molar-refractivity contribution in [2.75, 3.05) is 0 Å². The molecule has 1 atom stereocenters. The molecule has 0 saturated carbocycles. The lowest BCUT2D eigenvalue weighted by Crippen LogP contribution is -2.11. The average molecular weight is 206 g/mol. The molecule has 1 N–H and O–H groups in total. The average Bonchev–Trinajstić information content (AvgIpc) is 2.11. The van der Waals surface area contributed by atoms with Crippen LogP contribution in [0.4, 0.5) is 0 Å². The molecule has 15 heavy (non-hydrogen) atoms. The van der Waals surface area contributed by atoms with E-state index in [2.05, 4.69) is 6.07 Å². The summed E-state index contributed by atoms with van der Waals surface area (Å²) >= 11 is 0. The second-order valence-corrected chi connectivity index (χ2v) is 4.10. The molecule has 0 amide bonds. The summed E-state index contributed by atoms with van der Waals surface area (Å²) in [5.41, 5.74) is 3.20. The molecule has 1 aromatic carbocycles. The minimum absolute atomic E-state index is 0.353. The third-order valence-electron chi connectivity index (χ3n) is 2.52. The van der Waals surface area contributed by atoms with Gasteiger partial charge in [-0.25, -0.2) is 0 Å². The van der Waals surface area contributed by atoms with Crippen LogP contribution in [-0.2, 0) is 4.79 Å². The molecule has 0 saturated heterocycles. The number of benzene rings is 1. The number of aryl methyl sites for hydroxylation is 2. The first-order valence-electron chi connectivity index (χ1n) is 5.35. The van der Waals surface area contributed by atoms with Gasteiger partial charge in [0.2, 0.25) is 0 Å². The van der Waals surface area contributed by atoms with Gasteiger partial charge >= 0.3 is 5.97 Å². The number of rotatable bonds is 4. The van der Waals surface area contributed by atoms with Crippen LogP contribution >= 0.6 is 0 Å². The third-order valence-corrected chi connectivity index (χ3v) is 2.52. The molecule has 0 bridgehead atoms. The summed E-state index contributed by atoms with van der Waals surface area (Å²) in [7, 11) is 0. The van der Waals surface area contributed by atoms with Gasteiger partial charge in [-0.15, -0.1) is 0 Å². The maximum absolute atomic E-state index is 11.1. The molecule has 0 spiro atoms. The highest BCUT2D eigenvalue weighted by molar-refractivity contribution is 5.76. The maximum Gasteiger partial charge on any atom is 0.310 e. The summed E-state index contributed by atoms with van der Waals surface area (Å²) in [5, 5.41) is 9.14.